The second kappa shape index (κ2) is 5.55. The lowest BCUT2D eigenvalue weighted by atomic mass is 9.97. The van der Waals surface area contributed by atoms with Crippen molar-refractivity contribution in [2.45, 2.75) is 38.1 Å². The number of alkyl halides is 3. The van der Waals surface area contributed by atoms with E-state index in [0.717, 1.165) is 12.8 Å². The Morgan fingerprint density at radius 3 is 2.50 bits per heavy atom. The van der Waals surface area contributed by atoms with Crippen LogP contribution in [0.25, 0.3) is 0 Å². The van der Waals surface area contributed by atoms with E-state index in [1.54, 1.807) is 6.92 Å². The SMILES string of the molecule is Cc1c(OS(=O)C(F)(F)F)ccc2c1CCCCC2=O. The summed E-state index contributed by atoms with van der Waals surface area (Å²) in [5.41, 5.74) is -3.24. The lowest BCUT2D eigenvalue weighted by Gasteiger charge is -2.14. The third kappa shape index (κ3) is 3.03. The molecule has 0 saturated carbocycles. The largest absolute Gasteiger partial charge is 0.508 e. The van der Waals surface area contributed by atoms with Gasteiger partial charge in [-0.15, -0.1) is 0 Å². The van der Waals surface area contributed by atoms with E-state index >= 15 is 0 Å². The average Bonchev–Trinajstić information content (AvgIpc) is 2.54. The molecule has 1 aromatic rings. The zero-order valence-electron chi connectivity index (χ0n) is 10.8. The maximum atomic E-state index is 12.3. The normalized spacial score (nSPS) is 17.3. The third-order valence-electron chi connectivity index (χ3n) is 3.28. The number of Topliss-reactive ketones (excluding diaryl/α,β-unsaturated/α-hetero) is 1. The van der Waals surface area contributed by atoms with Crippen molar-refractivity contribution in [1.29, 1.82) is 0 Å². The Bertz CT molecular complexity index is 567. The van der Waals surface area contributed by atoms with Gasteiger partial charge in [-0.05, 0) is 49.4 Å². The Morgan fingerprint density at radius 1 is 1.20 bits per heavy atom. The highest BCUT2D eigenvalue weighted by atomic mass is 32.2. The first-order valence-corrected chi connectivity index (χ1v) is 7.21. The van der Waals surface area contributed by atoms with Crippen LogP contribution in [0.15, 0.2) is 12.1 Å². The van der Waals surface area contributed by atoms with E-state index in [-0.39, 0.29) is 11.5 Å². The van der Waals surface area contributed by atoms with Crippen LogP contribution in [0.1, 0.15) is 40.7 Å². The molecule has 0 radical (unpaired) electrons. The standard InChI is InChI=1S/C13H13F3O3S/c1-8-9-4-2-3-5-11(17)10(9)6-7-12(8)19-20(18)13(14,15)16/h6-7H,2-5H2,1H3. The summed E-state index contributed by atoms with van der Waals surface area (Å²) in [6.07, 6.45) is 2.62. The molecule has 0 heterocycles. The molecule has 1 unspecified atom stereocenters. The summed E-state index contributed by atoms with van der Waals surface area (Å²) < 4.78 is 52.2. The van der Waals surface area contributed by atoms with Gasteiger partial charge in [0.2, 0.25) is 0 Å². The van der Waals surface area contributed by atoms with Gasteiger partial charge < -0.3 is 4.18 Å². The highest BCUT2D eigenvalue weighted by Gasteiger charge is 2.40. The Hall–Kier alpha value is -1.37. The second-order valence-corrected chi connectivity index (χ2v) is 5.71. The lowest BCUT2D eigenvalue weighted by molar-refractivity contribution is -0.0437. The van der Waals surface area contributed by atoms with E-state index in [1.807, 2.05) is 0 Å². The molecule has 1 atom stereocenters. The fourth-order valence-electron chi connectivity index (χ4n) is 2.26. The molecule has 2 rings (SSSR count). The number of carbonyl (C=O) groups excluding carboxylic acids is 1. The molecule has 1 aliphatic rings. The number of rotatable bonds is 2. The summed E-state index contributed by atoms with van der Waals surface area (Å²) in [5, 5.41) is 0. The summed E-state index contributed by atoms with van der Waals surface area (Å²) in [7, 11) is 0. The first kappa shape index (κ1) is 15.0. The molecule has 0 amide bonds. The average molecular weight is 306 g/mol. The molecular formula is C13H13F3O3S. The molecule has 0 saturated heterocycles. The smallest absolute Gasteiger partial charge is 0.394 e. The van der Waals surface area contributed by atoms with Crippen molar-refractivity contribution < 1.29 is 26.4 Å². The maximum absolute atomic E-state index is 12.3. The third-order valence-corrected chi connectivity index (χ3v) is 3.99. The molecule has 0 aliphatic heterocycles. The van der Waals surface area contributed by atoms with Crippen molar-refractivity contribution in [1.82, 2.24) is 0 Å². The second-order valence-electron chi connectivity index (χ2n) is 4.61. The molecule has 0 aromatic heterocycles. The van der Waals surface area contributed by atoms with Crippen molar-refractivity contribution >= 4 is 16.9 Å². The highest BCUT2D eigenvalue weighted by molar-refractivity contribution is 7.81. The molecule has 110 valence electrons. The van der Waals surface area contributed by atoms with Crippen molar-refractivity contribution in [3.63, 3.8) is 0 Å². The van der Waals surface area contributed by atoms with Crippen molar-refractivity contribution in [2.24, 2.45) is 0 Å². The predicted molar refractivity (Wildman–Crippen MR) is 67.9 cm³/mol. The number of fused-ring (bicyclic) bond motifs is 1. The summed E-state index contributed by atoms with van der Waals surface area (Å²) >= 11 is -3.40. The molecule has 1 aliphatic carbocycles. The molecule has 1 aromatic carbocycles. The van der Waals surface area contributed by atoms with Crippen molar-refractivity contribution in [3.05, 3.63) is 28.8 Å². The van der Waals surface area contributed by atoms with Gasteiger partial charge in [-0.25, -0.2) is 4.21 Å². The molecule has 0 fully saturated rings. The van der Waals surface area contributed by atoms with Crippen LogP contribution < -0.4 is 4.18 Å². The minimum atomic E-state index is -4.92. The van der Waals surface area contributed by atoms with Crippen LogP contribution in [-0.2, 0) is 17.5 Å². The van der Waals surface area contributed by atoms with Gasteiger partial charge in [0, 0.05) is 12.0 Å². The quantitative estimate of drug-likeness (QED) is 0.786. The van der Waals surface area contributed by atoms with Crippen molar-refractivity contribution in [2.75, 3.05) is 0 Å². The van der Waals surface area contributed by atoms with Crippen LogP contribution in [0.2, 0.25) is 0 Å². The minimum Gasteiger partial charge on any atom is -0.394 e. The van der Waals surface area contributed by atoms with Gasteiger partial charge in [0.05, 0.1) is 0 Å². The van der Waals surface area contributed by atoms with E-state index in [0.29, 0.717) is 29.5 Å². The molecular weight excluding hydrogens is 293 g/mol. The van der Waals surface area contributed by atoms with Gasteiger partial charge in [0.15, 0.2) is 5.78 Å². The monoisotopic (exact) mass is 306 g/mol. The van der Waals surface area contributed by atoms with E-state index in [9.17, 15) is 22.2 Å². The van der Waals surface area contributed by atoms with E-state index in [4.69, 9.17) is 0 Å². The Balaban J connectivity index is 2.36. The molecule has 0 bridgehead atoms. The number of carbonyl (C=O) groups is 1. The van der Waals surface area contributed by atoms with Gasteiger partial charge in [0.1, 0.15) is 5.75 Å². The molecule has 3 nitrogen and oxygen atoms in total. The Kier molecular flexibility index (Phi) is 4.17. The van der Waals surface area contributed by atoms with Gasteiger partial charge in [-0.3, -0.25) is 4.79 Å². The summed E-state index contributed by atoms with van der Waals surface area (Å²) in [5.74, 6) is -0.0989. The van der Waals surface area contributed by atoms with E-state index in [1.165, 1.54) is 12.1 Å². The number of ketones is 1. The highest BCUT2D eigenvalue weighted by Crippen LogP contribution is 2.32. The van der Waals surface area contributed by atoms with Crippen LogP contribution in [0.5, 0.6) is 5.75 Å². The maximum Gasteiger partial charge on any atom is 0.508 e. The first-order chi connectivity index (χ1) is 9.30. The Labute approximate surface area is 116 Å². The van der Waals surface area contributed by atoms with Crippen LogP contribution in [0, 0.1) is 6.92 Å². The molecule has 0 spiro atoms. The molecule has 7 heteroatoms. The first-order valence-electron chi connectivity index (χ1n) is 6.13. The summed E-state index contributed by atoms with van der Waals surface area (Å²) in [6.45, 7) is 1.58. The van der Waals surface area contributed by atoms with Crippen LogP contribution >= 0.6 is 0 Å². The number of hydrogen-bond donors (Lipinski definition) is 0. The van der Waals surface area contributed by atoms with E-state index < -0.39 is 16.6 Å². The van der Waals surface area contributed by atoms with Crippen LogP contribution in [0.4, 0.5) is 13.2 Å². The van der Waals surface area contributed by atoms with Crippen molar-refractivity contribution in [3.8, 4) is 5.75 Å². The van der Waals surface area contributed by atoms with Gasteiger partial charge >= 0.3 is 16.6 Å². The minimum absolute atomic E-state index is 0.0101. The molecule has 0 N–H and O–H groups in total. The topological polar surface area (TPSA) is 43.4 Å². The molecule has 20 heavy (non-hydrogen) atoms. The fourth-order valence-corrected chi connectivity index (χ4v) is 2.70. The lowest BCUT2D eigenvalue weighted by Crippen LogP contribution is -2.21. The summed E-state index contributed by atoms with van der Waals surface area (Å²) in [4.78, 5) is 11.9. The zero-order valence-corrected chi connectivity index (χ0v) is 11.6. The zero-order chi connectivity index (χ0) is 14.9. The van der Waals surface area contributed by atoms with Gasteiger partial charge in [0.25, 0.3) is 0 Å². The summed E-state index contributed by atoms with van der Waals surface area (Å²) in [6, 6.07) is 2.74. The fraction of sp³-hybridized carbons (Fsp3) is 0.462. The number of hydrogen-bond acceptors (Lipinski definition) is 3. The van der Waals surface area contributed by atoms with Crippen LogP contribution in [0.3, 0.4) is 0 Å². The number of benzene rings is 1. The van der Waals surface area contributed by atoms with E-state index in [2.05, 4.69) is 4.18 Å². The van der Waals surface area contributed by atoms with Crippen LogP contribution in [-0.4, -0.2) is 15.5 Å². The van der Waals surface area contributed by atoms with Gasteiger partial charge in [-0.1, -0.05) is 0 Å². The van der Waals surface area contributed by atoms with Gasteiger partial charge in [-0.2, -0.15) is 13.2 Å². The Morgan fingerprint density at radius 2 is 1.85 bits per heavy atom. The predicted octanol–water partition coefficient (Wildman–Crippen LogP) is 3.47. The number of halogens is 3.